The van der Waals surface area contributed by atoms with Crippen LogP contribution in [0.5, 0.6) is 0 Å². The predicted molar refractivity (Wildman–Crippen MR) is 84.3 cm³/mol. The van der Waals surface area contributed by atoms with E-state index in [1.165, 1.54) is 36.1 Å². The number of hydrogen-bond acceptors (Lipinski definition) is 3. The molecule has 1 fully saturated rings. The van der Waals surface area contributed by atoms with Crippen molar-refractivity contribution in [2.45, 2.75) is 64.3 Å². The summed E-state index contributed by atoms with van der Waals surface area (Å²) in [6.45, 7) is 2.28. The van der Waals surface area contributed by atoms with Crippen LogP contribution in [0.1, 0.15) is 66.2 Å². The van der Waals surface area contributed by atoms with Gasteiger partial charge < -0.3 is 11.1 Å². The van der Waals surface area contributed by atoms with E-state index in [9.17, 15) is 4.79 Å². The van der Waals surface area contributed by atoms with Crippen molar-refractivity contribution in [3.63, 3.8) is 0 Å². The predicted octanol–water partition coefficient (Wildman–Crippen LogP) is 3.52. The Hall–Kier alpha value is -1.03. The standard InChI is InChI=1S/C16H24N2OS/c1-10-7-8-12-13(9-10)20-15(17)14(12)16(19)18-11-5-3-2-4-6-11/h10-11H,2-9,17H2,1H3,(H,18,19)/t10-/m0/s1. The fourth-order valence-electron chi connectivity index (χ4n) is 3.53. The van der Waals surface area contributed by atoms with Gasteiger partial charge in [0.25, 0.3) is 5.91 Å². The van der Waals surface area contributed by atoms with E-state index in [-0.39, 0.29) is 5.91 Å². The Bertz CT molecular complexity index is 503. The third-order valence-electron chi connectivity index (χ3n) is 4.71. The quantitative estimate of drug-likeness (QED) is 0.876. The highest BCUT2D eigenvalue weighted by atomic mass is 32.1. The molecule has 4 heteroatoms. The Morgan fingerprint density at radius 2 is 2.00 bits per heavy atom. The summed E-state index contributed by atoms with van der Waals surface area (Å²) in [5.74, 6) is 0.788. The van der Waals surface area contributed by atoms with Gasteiger partial charge in [-0.2, -0.15) is 0 Å². The van der Waals surface area contributed by atoms with Crippen LogP contribution in [0.4, 0.5) is 5.00 Å². The first kappa shape index (κ1) is 13.9. The number of fused-ring (bicyclic) bond motifs is 1. The lowest BCUT2D eigenvalue weighted by Gasteiger charge is -2.23. The van der Waals surface area contributed by atoms with Crippen molar-refractivity contribution in [3.8, 4) is 0 Å². The van der Waals surface area contributed by atoms with Crippen molar-refractivity contribution in [1.82, 2.24) is 5.32 Å². The van der Waals surface area contributed by atoms with Crippen molar-refractivity contribution >= 4 is 22.2 Å². The first-order valence-corrected chi connectivity index (χ1v) is 8.67. The number of thiophene rings is 1. The molecule has 3 rings (SSSR count). The molecule has 0 radical (unpaired) electrons. The van der Waals surface area contributed by atoms with Gasteiger partial charge in [0.15, 0.2) is 0 Å². The first-order chi connectivity index (χ1) is 9.65. The number of carbonyl (C=O) groups excluding carboxylic acids is 1. The molecule has 1 atom stereocenters. The van der Waals surface area contributed by atoms with Crippen LogP contribution in [0.15, 0.2) is 0 Å². The number of anilines is 1. The third kappa shape index (κ3) is 2.71. The summed E-state index contributed by atoms with van der Waals surface area (Å²) >= 11 is 1.63. The fourth-order valence-corrected chi connectivity index (χ4v) is 4.80. The molecule has 110 valence electrons. The van der Waals surface area contributed by atoms with Crippen molar-refractivity contribution in [3.05, 3.63) is 16.0 Å². The van der Waals surface area contributed by atoms with Gasteiger partial charge in [0.1, 0.15) is 0 Å². The van der Waals surface area contributed by atoms with Crippen LogP contribution in [0.25, 0.3) is 0 Å². The summed E-state index contributed by atoms with van der Waals surface area (Å²) in [6.07, 6.45) is 9.29. The Morgan fingerprint density at radius 3 is 2.75 bits per heavy atom. The minimum atomic E-state index is 0.0708. The third-order valence-corrected chi connectivity index (χ3v) is 5.79. The molecular weight excluding hydrogens is 268 g/mol. The number of rotatable bonds is 2. The fraction of sp³-hybridized carbons (Fsp3) is 0.688. The summed E-state index contributed by atoms with van der Waals surface area (Å²) in [4.78, 5) is 13.9. The molecule has 0 saturated heterocycles. The molecule has 0 bridgehead atoms. The topological polar surface area (TPSA) is 55.1 Å². The van der Waals surface area contributed by atoms with Crippen LogP contribution in [0.2, 0.25) is 0 Å². The number of nitrogen functional groups attached to an aromatic ring is 1. The zero-order valence-corrected chi connectivity index (χ0v) is 13.0. The van der Waals surface area contributed by atoms with Gasteiger partial charge in [-0.3, -0.25) is 4.79 Å². The lowest BCUT2D eigenvalue weighted by atomic mass is 9.88. The molecule has 0 aromatic carbocycles. The van der Waals surface area contributed by atoms with Gasteiger partial charge in [-0.05, 0) is 43.6 Å². The molecule has 1 heterocycles. The van der Waals surface area contributed by atoms with E-state index < -0.39 is 0 Å². The van der Waals surface area contributed by atoms with Gasteiger partial charge in [-0.25, -0.2) is 0 Å². The van der Waals surface area contributed by atoms with Crippen molar-refractivity contribution < 1.29 is 4.79 Å². The van der Waals surface area contributed by atoms with E-state index >= 15 is 0 Å². The van der Waals surface area contributed by atoms with E-state index in [2.05, 4.69) is 12.2 Å². The van der Waals surface area contributed by atoms with E-state index in [0.717, 1.165) is 42.2 Å². The summed E-state index contributed by atoms with van der Waals surface area (Å²) in [6, 6.07) is 0.355. The maximum absolute atomic E-state index is 12.6. The second-order valence-electron chi connectivity index (χ2n) is 6.40. The van der Waals surface area contributed by atoms with Gasteiger partial charge in [-0.1, -0.05) is 26.2 Å². The summed E-state index contributed by atoms with van der Waals surface area (Å²) in [5, 5.41) is 3.93. The van der Waals surface area contributed by atoms with Crippen LogP contribution in [0, 0.1) is 5.92 Å². The number of amides is 1. The van der Waals surface area contributed by atoms with Gasteiger partial charge >= 0.3 is 0 Å². The zero-order valence-electron chi connectivity index (χ0n) is 12.2. The van der Waals surface area contributed by atoms with E-state index in [1.54, 1.807) is 11.3 Å². The molecule has 0 aliphatic heterocycles. The Labute approximate surface area is 124 Å². The zero-order chi connectivity index (χ0) is 14.1. The van der Waals surface area contributed by atoms with Gasteiger partial charge in [-0.15, -0.1) is 11.3 Å². The molecule has 1 amide bonds. The lowest BCUT2D eigenvalue weighted by molar-refractivity contribution is 0.0927. The second-order valence-corrected chi connectivity index (χ2v) is 7.54. The highest BCUT2D eigenvalue weighted by Gasteiger charge is 2.27. The van der Waals surface area contributed by atoms with Crippen LogP contribution < -0.4 is 11.1 Å². The number of nitrogens with two attached hydrogens (primary N) is 1. The molecule has 3 nitrogen and oxygen atoms in total. The van der Waals surface area contributed by atoms with Crippen molar-refractivity contribution in [1.29, 1.82) is 0 Å². The Balaban J connectivity index is 1.77. The SMILES string of the molecule is C[C@H]1CCc2c(sc(N)c2C(=O)NC2CCCCC2)C1. The lowest BCUT2D eigenvalue weighted by Crippen LogP contribution is -2.36. The van der Waals surface area contributed by atoms with Crippen molar-refractivity contribution in [2.24, 2.45) is 5.92 Å². The van der Waals surface area contributed by atoms with E-state index in [1.807, 2.05) is 0 Å². The number of carbonyl (C=O) groups is 1. The van der Waals surface area contributed by atoms with E-state index in [0.29, 0.717) is 6.04 Å². The normalized spacial score (nSPS) is 23.4. The summed E-state index contributed by atoms with van der Waals surface area (Å²) in [7, 11) is 0. The van der Waals surface area contributed by atoms with Gasteiger partial charge in [0, 0.05) is 10.9 Å². The maximum Gasteiger partial charge on any atom is 0.254 e. The molecule has 2 aliphatic rings. The number of hydrogen-bond donors (Lipinski definition) is 2. The van der Waals surface area contributed by atoms with Crippen LogP contribution >= 0.6 is 11.3 Å². The molecule has 2 aliphatic carbocycles. The summed E-state index contributed by atoms with van der Waals surface area (Å²) in [5.41, 5.74) is 8.16. The average molecular weight is 292 g/mol. The smallest absolute Gasteiger partial charge is 0.254 e. The minimum absolute atomic E-state index is 0.0708. The second kappa shape index (κ2) is 5.76. The Morgan fingerprint density at radius 1 is 1.25 bits per heavy atom. The first-order valence-electron chi connectivity index (χ1n) is 7.86. The molecule has 20 heavy (non-hydrogen) atoms. The van der Waals surface area contributed by atoms with Crippen molar-refractivity contribution in [2.75, 3.05) is 5.73 Å². The van der Waals surface area contributed by atoms with E-state index in [4.69, 9.17) is 5.73 Å². The number of nitrogens with one attached hydrogen (secondary N) is 1. The largest absolute Gasteiger partial charge is 0.390 e. The molecule has 1 saturated carbocycles. The van der Waals surface area contributed by atoms with Gasteiger partial charge in [0.2, 0.25) is 0 Å². The highest BCUT2D eigenvalue weighted by molar-refractivity contribution is 7.16. The molecule has 0 spiro atoms. The van der Waals surface area contributed by atoms with Crippen LogP contribution in [-0.4, -0.2) is 11.9 Å². The van der Waals surface area contributed by atoms with Gasteiger partial charge in [0.05, 0.1) is 10.6 Å². The average Bonchev–Trinajstić information content (AvgIpc) is 2.74. The minimum Gasteiger partial charge on any atom is -0.390 e. The summed E-state index contributed by atoms with van der Waals surface area (Å²) < 4.78 is 0. The molecular formula is C16H24N2OS. The Kier molecular flexibility index (Phi) is 4.01. The molecule has 0 unspecified atom stereocenters. The highest BCUT2D eigenvalue weighted by Crippen LogP contribution is 2.38. The molecule has 1 aromatic rings. The van der Waals surface area contributed by atoms with Crippen LogP contribution in [0.3, 0.4) is 0 Å². The van der Waals surface area contributed by atoms with Crippen LogP contribution in [-0.2, 0) is 12.8 Å². The monoisotopic (exact) mass is 292 g/mol. The maximum atomic E-state index is 12.6. The molecule has 1 aromatic heterocycles. The molecule has 3 N–H and O–H groups in total.